The van der Waals surface area contributed by atoms with E-state index in [9.17, 15) is 4.79 Å². The molecule has 0 aromatic carbocycles. The first-order valence-corrected chi connectivity index (χ1v) is 6.06. The number of amides is 1. The van der Waals surface area contributed by atoms with Gasteiger partial charge in [-0.3, -0.25) is 4.79 Å². The molecule has 0 spiro atoms. The van der Waals surface area contributed by atoms with Gasteiger partial charge in [-0.25, -0.2) is 0 Å². The van der Waals surface area contributed by atoms with E-state index in [1.54, 1.807) is 0 Å². The largest absolute Gasteiger partial charge is 0.464 e. The summed E-state index contributed by atoms with van der Waals surface area (Å²) >= 11 is 3.39. The Bertz CT molecular complexity index is 361. The molecule has 1 unspecified atom stereocenters. The van der Waals surface area contributed by atoms with Gasteiger partial charge in [-0.1, -0.05) is 15.9 Å². The summed E-state index contributed by atoms with van der Waals surface area (Å²) in [7, 11) is 0. The lowest BCUT2D eigenvalue weighted by molar-refractivity contribution is -0.133. The minimum atomic E-state index is -0.0118. The molecule has 4 heteroatoms. The monoisotopic (exact) mass is 271 g/mol. The van der Waals surface area contributed by atoms with Crippen LogP contribution < -0.4 is 0 Å². The lowest BCUT2D eigenvalue weighted by Crippen LogP contribution is -2.40. The first kappa shape index (κ1) is 10.7. The number of likely N-dealkylation sites (tertiary alicyclic amines) is 1. The smallest absolute Gasteiger partial charge is 0.236 e. The number of alkyl halides is 1. The van der Waals surface area contributed by atoms with Gasteiger partial charge in [0.05, 0.1) is 11.4 Å². The highest BCUT2D eigenvalue weighted by Crippen LogP contribution is 2.20. The Morgan fingerprint density at radius 3 is 3.07 bits per heavy atom. The van der Waals surface area contributed by atoms with Crippen LogP contribution >= 0.6 is 15.9 Å². The zero-order valence-electron chi connectivity index (χ0n) is 8.70. The lowest BCUT2D eigenvalue weighted by atomic mass is 10.1. The van der Waals surface area contributed by atoms with Crippen LogP contribution in [0.4, 0.5) is 0 Å². The van der Waals surface area contributed by atoms with Crippen LogP contribution in [0.3, 0.4) is 0 Å². The minimum Gasteiger partial charge on any atom is -0.464 e. The highest BCUT2D eigenvalue weighted by Gasteiger charge is 2.26. The Morgan fingerprint density at radius 1 is 1.60 bits per heavy atom. The van der Waals surface area contributed by atoms with Gasteiger partial charge in [-0.15, -0.1) is 0 Å². The molecule has 82 valence electrons. The van der Waals surface area contributed by atoms with Gasteiger partial charge in [0, 0.05) is 6.54 Å². The fraction of sp³-hybridized carbons (Fsp3) is 0.545. The fourth-order valence-electron chi connectivity index (χ4n) is 1.81. The summed E-state index contributed by atoms with van der Waals surface area (Å²) < 4.78 is 5.46. The number of halogens is 1. The van der Waals surface area contributed by atoms with Gasteiger partial charge in [0.2, 0.25) is 5.91 Å². The third-order valence-electron chi connectivity index (χ3n) is 2.61. The summed E-state index contributed by atoms with van der Waals surface area (Å²) in [5.74, 6) is 1.93. The van der Waals surface area contributed by atoms with Crippen LogP contribution in [0, 0.1) is 6.92 Å². The Morgan fingerprint density at radius 2 is 2.40 bits per heavy atom. The minimum absolute atomic E-state index is 0.0118. The number of aryl methyl sites for hydroxylation is 1. The molecule has 1 fully saturated rings. The van der Waals surface area contributed by atoms with Crippen molar-refractivity contribution in [3.63, 3.8) is 0 Å². The normalized spacial score (nSPS) is 22.1. The van der Waals surface area contributed by atoms with E-state index in [0.717, 1.165) is 30.9 Å². The van der Waals surface area contributed by atoms with Gasteiger partial charge in [0.25, 0.3) is 0 Å². The van der Waals surface area contributed by atoms with Crippen LogP contribution in [0.25, 0.3) is 0 Å². The number of piperidine rings is 1. The number of hydrogen-bond donors (Lipinski definition) is 0. The van der Waals surface area contributed by atoms with Crippen LogP contribution in [0.15, 0.2) is 16.5 Å². The molecule has 0 aliphatic carbocycles. The molecule has 15 heavy (non-hydrogen) atoms. The van der Waals surface area contributed by atoms with Crippen LogP contribution in [-0.2, 0) is 11.3 Å². The maximum Gasteiger partial charge on any atom is 0.236 e. The van der Waals surface area contributed by atoms with Crippen molar-refractivity contribution in [1.29, 1.82) is 0 Å². The van der Waals surface area contributed by atoms with Crippen molar-refractivity contribution in [2.45, 2.75) is 31.1 Å². The van der Waals surface area contributed by atoms with E-state index >= 15 is 0 Å². The average molecular weight is 272 g/mol. The molecular weight excluding hydrogens is 258 g/mol. The van der Waals surface area contributed by atoms with Gasteiger partial charge in [0.1, 0.15) is 11.5 Å². The van der Waals surface area contributed by atoms with Crippen LogP contribution in [0.1, 0.15) is 24.4 Å². The fourth-order valence-corrected chi connectivity index (χ4v) is 2.42. The average Bonchev–Trinajstić information content (AvgIpc) is 2.59. The summed E-state index contributed by atoms with van der Waals surface area (Å²) in [5.41, 5.74) is 0. The van der Waals surface area contributed by atoms with Crippen LogP contribution in [-0.4, -0.2) is 22.2 Å². The predicted molar refractivity (Wildman–Crippen MR) is 60.8 cm³/mol. The number of nitrogens with zero attached hydrogens (tertiary/aromatic N) is 1. The number of carbonyl (C=O) groups is 1. The molecule has 0 N–H and O–H groups in total. The molecule has 1 aromatic heterocycles. The molecule has 1 aliphatic heterocycles. The van der Waals surface area contributed by atoms with Gasteiger partial charge in [-0.05, 0) is 31.9 Å². The van der Waals surface area contributed by atoms with Crippen molar-refractivity contribution in [3.05, 3.63) is 23.7 Å². The van der Waals surface area contributed by atoms with Crippen molar-refractivity contribution in [2.24, 2.45) is 0 Å². The molecule has 0 bridgehead atoms. The van der Waals surface area contributed by atoms with E-state index in [0.29, 0.717) is 6.54 Å². The molecule has 0 saturated carbocycles. The zero-order valence-corrected chi connectivity index (χ0v) is 10.3. The second-order valence-electron chi connectivity index (χ2n) is 3.88. The Balaban J connectivity index is 2.02. The quantitative estimate of drug-likeness (QED) is 0.775. The molecule has 1 saturated heterocycles. The van der Waals surface area contributed by atoms with E-state index in [4.69, 9.17) is 4.42 Å². The first-order valence-electron chi connectivity index (χ1n) is 5.15. The third-order valence-corrected chi connectivity index (χ3v) is 3.46. The van der Waals surface area contributed by atoms with Gasteiger partial charge < -0.3 is 9.32 Å². The van der Waals surface area contributed by atoms with Crippen molar-refractivity contribution in [3.8, 4) is 0 Å². The predicted octanol–water partition coefficient (Wildman–Crippen LogP) is 2.47. The maximum absolute atomic E-state index is 11.8. The molecule has 2 rings (SSSR count). The maximum atomic E-state index is 11.8. The van der Waals surface area contributed by atoms with E-state index in [1.807, 2.05) is 24.0 Å². The molecule has 1 amide bonds. The molecular formula is C11H14BrNO2. The standard InChI is InChI=1S/C11H14BrNO2/c1-8-4-5-9(15-8)7-13-6-2-3-10(12)11(13)14/h4-5,10H,2-3,6-7H2,1H3. The Hall–Kier alpha value is -0.770. The van der Waals surface area contributed by atoms with Gasteiger partial charge >= 0.3 is 0 Å². The van der Waals surface area contributed by atoms with Gasteiger partial charge in [-0.2, -0.15) is 0 Å². The van der Waals surface area contributed by atoms with E-state index in [2.05, 4.69) is 15.9 Å². The van der Waals surface area contributed by atoms with Crippen LogP contribution in [0.5, 0.6) is 0 Å². The third kappa shape index (κ3) is 2.43. The van der Waals surface area contributed by atoms with E-state index in [-0.39, 0.29) is 10.7 Å². The van der Waals surface area contributed by atoms with E-state index in [1.165, 1.54) is 0 Å². The molecule has 1 aliphatic rings. The van der Waals surface area contributed by atoms with Crippen molar-refractivity contribution in [2.75, 3.05) is 6.54 Å². The highest BCUT2D eigenvalue weighted by molar-refractivity contribution is 9.10. The summed E-state index contributed by atoms with van der Waals surface area (Å²) in [6, 6.07) is 3.86. The number of hydrogen-bond acceptors (Lipinski definition) is 2. The van der Waals surface area contributed by atoms with Crippen LogP contribution in [0.2, 0.25) is 0 Å². The van der Waals surface area contributed by atoms with Gasteiger partial charge in [0.15, 0.2) is 0 Å². The summed E-state index contributed by atoms with van der Waals surface area (Å²) in [6.07, 6.45) is 1.99. The second kappa shape index (κ2) is 4.39. The van der Waals surface area contributed by atoms with Crippen molar-refractivity contribution in [1.82, 2.24) is 4.90 Å². The van der Waals surface area contributed by atoms with Crippen molar-refractivity contribution >= 4 is 21.8 Å². The molecule has 0 radical (unpaired) electrons. The van der Waals surface area contributed by atoms with Crippen molar-refractivity contribution < 1.29 is 9.21 Å². The summed E-state index contributed by atoms with van der Waals surface area (Å²) in [4.78, 5) is 13.6. The first-order chi connectivity index (χ1) is 7.16. The topological polar surface area (TPSA) is 33.5 Å². The zero-order chi connectivity index (χ0) is 10.8. The number of rotatable bonds is 2. The summed E-state index contributed by atoms with van der Waals surface area (Å²) in [6.45, 7) is 3.34. The molecule has 2 heterocycles. The highest BCUT2D eigenvalue weighted by atomic mass is 79.9. The molecule has 1 atom stereocenters. The summed E-state index contributed by atoms with van der Waals surface area (Å²) in [5, 5.41) is 0. The molecule has 3 nitrogen and oxygen atoms in total. The number of furan rings is 1. The Kier molecular flexibility index (Phi) is 3.14. The SMILES string of the molecule is Cc1ccc(CN2CCCC(Br)C2=O)o1. The molecule has 1 aromatic rings. The number of carbonyl (C=O) groups excluding carboxylic acids is 1. The Labute approximate surface area is 97.6 Å². The second-order valence-corrected chi connectivity index (χ2v) is 4.99. The lowest BCUT2D eigenvalue weighted by Gasteiger charge is -2.28. The van der Waals surface area contributed by atoms with E-state index < -0.39 is 0 Å².